The van der Waals surface area contributed by atoms with E-state index in [0.717, 1.165) is 56.0 Å². The maximum Gasteiger partial charge on any atom is 0.129 e. The van der Waals surface area contributed by atoms with Crippen LogP contribution in [0.1, 0.15) is 19.4 Å². The van der Waals surface area contributed by atoms with E-state index >= 15 is 0 Å². The third-order valence-electron chi connectivity index (χ3n) is 5.88. The lowest BCUT2D eigenvalue weighted by molar-refractivity contribution is -0.0451. The highest BCUT2D eigenvalue weighted by Crippen LogP contribution is 2.24. The first-order chi connectivity index (χ1) is 13.5. The van der Waals surface area contributed by atoms with Gasteiger partial charge < -0.3 is 14.5 Å². The summed E-state index contributed by atoms with van der Waals surface area (Å²) in [6.07, 6.45) is 0.323. The Labute approximate surface area is 167 Å². The second-order valence-electron chi connectivity index (χ2n) is 8.24. The number of likely N-dealkylation sites (N-methyl/N-ethyl adjacent to an activating group) is 1. The third kappa shape index (κ3) is 3.97. The largest absolute Gasteiger partial charge is 0.370 e. The first-order valence-electron chi connectivity index (χ1n) is 10.2. The Morgan fingerprint density at radius 2 is 2.00 bits per heavy atom. The van der Waals surface area contributed by atoms with Gasteiger partial charge in [0, 0.05) is 50.7 Å². The van der Waals surface area contributed by atoms with Crippen molar-refractivity contribution in [1.82, 2.24) is 14.8 Å². The molecular weight excluding hydrogens is 350 g/mol. The lowest BCUT2D eigenvalue weighted by Gasteiger charge is -2.43. The number of rotatable bonds is 3. The van der Waals surface area contributed by atoms with Gasteiger partial charge in [-0.05, 0) is 39.1 Å². The van der Waals surface area contributed by atoms with Gasteiger partial charge in [-0.15, -0.1) is 0 Å². The molecule has 0 radical (unpaired) electrons. The van der Waals surface area contributed by atoms with Crippen molar-refractivity contribution in [2.75, 3.05) is 51.2 Å². The highest BCUT2D eigenvalue weighted by atomic mass is 16.5. The first kappa shape index (κ1) is 19.1. The average molecular weight is 380 g/mol. The molecule has 4 rings (SSSR count). The summed E-state index contributed by atoms with van der Waals surface area (Å²) in [6.45, 7) is 10.3. The molecule has 0 bridgehead atoms. The van der Waals surface area contributed by atoms with E-state index < -0.39 is 0 Å². The number of nitriles is 1. The van der Waals surface area contributed by atoms with Crippen LogP contribution in [0.4, 0.5) is 5.82 Å². The Morgan fingerprint density at radius 1 is 1.14 bits per heavy atom. The molecular formula is C22H29N5O. The molecule has 2 aromatic rings. The lowest BCUT2D eigenvalue weighted by atomic mass is 10.1. The maximum absolute atomic E-state index is 9.41. The van der Waals surface area contributed by atoms with Crippen LogP contribution < -0.4 is 4.90 Å². The molecule has 3 atom stereocenters. The number of pyridine rings is 1. The Bertz CT molecular complexity index is 879. The molecule has 0 N–H and O–H groups in total. The Balaban J connectivity index is 1.52. The summed E-state index contributed by atoms with van der Waals surface area (Å²) in [7, 11) is 2.19. The van der Waals surface area contributed by atoms with Crippen molar-refractivity contribution >= 4 is 16.7 Å². The summed E-state index contributed by atoms with van der Waals surface area (Å²) in [4.78, 5) is 12.1. The summed E-state index contributed by atoms with van der Waals surface area (Å²) in [5.74, 6) is 0.932. The van der Waals surface area contributed by atoms with Crippen LogP contribution in [-0.2, 0) is 4.74 Å². The number of nitrogens with zero attached hydrogens (tertiary/aromatic N) is 5. The number of hydrogen-bond acceptors (Lipinski definition) is 6. The normalized spacial score (nSPS) is 27.1. The van der Waals surface area contributed by atoms with E-state index in [9.17, 15) is 5.26 Å². The van der Waals surface area contributed by atoms with Crippen LogP contribution in [0.5, 0.6) is 0 Å². The second kappa shape index (κ2) is 8.04. The molecule has 6 nitrogen and oxygen atoms in total. The van der Waals surface area contributed by atoms with E-state index in [1.165, 1.54) is 0 Å². The zero-order valence-corrected chi connectivity index (χ0v) is 17.0. The van der Waals surface area contributed by atoms with Crippen LogP contribution in [0.25, 0.3) is 10.9 Å². The number of para-hydroxylation sites is 1. The van der Waals surface area contributed by atoms with Gasteiger partial charge in [0.1, 0.15) is 11.9 Å². The van der Waals surface area contributed by atoms with E-state index in [1.54, 1.807) is 0 Å². The van der Waals surface area contributed by atoms with E-state index in [2.05, 4.69) is 53.8 Å². The van der Waals surface area contributed by atoms with E-state index in [0.29, 0.717) is 11.6 Å². The maximum atomic E-state index is 9.41. The minimum Gasteiger partial charge on any atom is -0.370 e. The van der Waals surface area contributed by atoms with Gasteiger partial charge in [-0.3, -0.25) is 4.90 Å². The van der Waals surface area contributed by atoms with Gasteiger partial charge in [0.05, 0.1) is 23.3 Å². The predicted octanol–water partition coefficient (Wildman–Crippen LogP) is 2.34. The number of aromatic nitrogens is 1. The highest BCUT2D eigenvalue weighted by Gasteiger charge is 2.30. The summed E-state index contributed by atoms with van der Waals surface area (Å²) in [6, 6.07) is 12.7. The predicted molar refractivity (Wildman–Crippen MR) is 112 cm³/mol. The summed E-state index contributed by atoms with van der Waals surface area (Å²) in [5, 5.41) is 10.4. The number of morpholine rings is 1. The van der Waals surface area contributed by atoms with Crippen molar-refractivity contribution in [3.05, 3.63) is 35.9 Å². The van der Waals surface area contributed by atoms with E-state index in [4.69, 9.17) is 9.72 Å². The molecule has 1 aromatic heterocycles. The minimum atomic E-state index is 0.158. The number of benzene rings is 1. The quantitative estimate of drug-likeness (QED) is 0.816. The smallest absolute Gasteiger partial charge is 0.129 e. The number of piperazine rings is 1. The molecule has 6 heteroatoms. The Morgan fingerprint density at radius 3 is 2.79 bits per heavy atom. The molecule has 2 saturated heterocycles. The molecule has 2 aliphatic rings. The zero-order chi connectivity index (χ0) is 19.7. The van der Waals surface area contributed by atoms with Crippen LogP contribution in [0.3, 0.4) is 0 Å². The van der Waals surface area contributed by atoms with Crippen molar-refractivity contribution in [2.45, 2.75) is 32.1 Å². The number of hydrogen-bond donors (Lipinski definition) is 0. The van der Waals surface area contributed by atoms with Crippen LogP contribution in [-0.4, -0.2) is 79.3 Å². The molecule has 2 aliphatic heterocycles. The third-order valence-corrected chi connectivity index (χ3v) is 5.88. The van der Waals surface area contributed by atoms with Crippen LogP contribution in [0, 0.1) is 11.3 Å². The van der Waals surface area contributed by atoms with Crippen molar-refractivity contribution in [1.29, 1.82) is 5.26 Å². The zero-order valence-electron chi connectivity index (χ0n) is 17.0. The first-order valence-corrected chi connectivity index (χ1v) is 10.2. The molecule has 0 aliphatic carbocycles. The van der Waals surface area contributed by atoms with E-state index in [-0.39, 0.29) is 12.2 Å². The number of ether oxygens (including phenoxy) is 1. The van der Waals surface area contributed by atoms with Crippen molar-refractivity contribution in [2.24, 2.45) is 0 Å². The highest BCUT2D eigenvalue weighted by molar-refractivity contribution is 5.85. The number of anilines is 1. The summed E-state index contributed by atoms with van der Waals surface area (Å²) >= 11 is 0. The van der Waals surface area contributed by atoms with Gasteiger partial charge in [0.25, 0.3) is 0 Å². The molecule has 28 heavy (non-hydrogen) atoms. The van der Waals surface area contributed by atoms with Gasteiger partial charge in [-0.1, -0.05) is 12.1 Å². The van der Waals surface area contributed by atoms with Crippen LogP contribution in [0.2, 0.25) is 0 Å². The van der Waals surface area contributed by atoms with Crippen molar-refractivity contribution in [3.8, 4) is 6.07 Å². The molecule has 2 unspecified atom stereocenters. The SMILES string of the molecule is CC1CN(c2ccc3cccc(C#N)c3n2)CC(CN2CCN(C)C[C@@H]2C)O1. The van der Waals surface area contributed by atoms with Crippen molar-refractivity contribution < 1.29 is 4.74 Å². The van der Waals surface area contributed by atoms with Gasteiger partial charge in [0.2, 0.25) is 0 Å². The molecule has 0 saturated carbocycles. The molecule has 1 aromatic carbocycles. The molecule has 0 amide bonds. The molecule has 148 valence electrons. The Kier molecular flexibility index (Phi) is 5.49. The van der Waals surface area contributed by atoms with Gasteiger partial charge in [-0.2, -0.15) is 5.26 Å². The average Bonchev–Trinajstić information content (AvgIpc) is 2.69. The summed E-state index contributed by atoms with van der Waals surface area (Å²) < 4.78 is 6.27. The number of fused-ring (bicyclic) bond motifs is 1. The Hall–Kier alpha value is -2.20. The monoisotopic (exact) mass is 379 g/mol. The van der Waals surface area contributed by atoms with Gasteiger partial charge in [0.15, 0.2) is 0 Å². The van der Waals surface area contributed by atoms with E-state index in [1.807, 2.05) is 18.2 Å². The standard InChI is InChI=1S/C22H29N5O/c1-16-12-25(3)9-10-26(16)14-20-15-27(13-17(2)28-20)21-8-7-18-5-4-6-19(11-23)22(18)24-21/h4-8,16-17,20H,9-10,12-15H2,1-3H3/t16-,17?,20?/m0/s1. The van der Waals surface area contributed by atoms with Gasteiger partial charge >= 0.3 is 0 Å². The summed E-state index contributed by atoms with van der Waals surface area (Å²) in [5.41, 5.74) is 1.41. The fourth-order valence-electron chi connectivity index (χ4n) is 4.45. The fraction of sp³-hybridized carbons (Fsp3) is 0.545. The van der Waals surface area contributed by atoms with Crippen LogP contribution >= 0.6 is 0 Å². The minimum absolute atomic E-state index is 0.158. The fourth-order valence-corrected chi connectivity index (χ4v) is 4.45. The van der Waals surface area contributed by atoms with Crippen molar-refractivity contribution in [3.63, 3.8) is 0 Å². The van der Waals surface area contributed by atoms with Crippen LogP contribution in [0.15, 0.2) is 30.3 Å². The molecule has 0 spiro atoms. The molecule has 3 heterocycles. The lowest BCUT2D eigenvalue weighted by Crippen LogP contribution is -2.56. The molecule has 2 fully saturated rings. The van der Waals surface area contributed by atoms with Gasteiger partial charge in [-0.25, -0.2) is 4.98 Å². The topological polar surface area (TPSA) is 55.6 Å². The second-order valence-corrected chi connectivity index (χ2v) is 8.24.